The van der Waals surface area contributed by atoms with Crippen LogP contribution >= 0.6 is 0 Å². The Morgan fingerprint density at radius 3 is 2.56 bits per heavy atom. The molecule has 0 N–H and O–H groups in total. The molecular weight excluding hydrogens is 612 g/mol. The summed E-state index contributed by atoms with van der Waals surface area (Å²) in [5, 5.41) is 8.62. The van der Waals surface area contributed by atoms with Crippen molar-refractivity contribution in [3.05, 3.63) is 83.5 Å². The van der Waals surface area contributed by atoms with E-state index in [0.29, 0.717) is 29.8 Å². The van der Waals surface area contributed by atoms with E-state index in [0.717, 1.165) is 17.7 Å². The second-order valence-corrected chi connectivity index (χ2v) is 14.0. The normalized spacial score (nSPS) is 23.9. The van der Waals surface area contributed by atoms with Crippen molar-refractivity contribution in [3.63, 3.8) is 0 Å². The van der Waals surface area contributed by atoms with Crippen LogP contribution in [0.2, 0.25) is 0 Å². The number of ketones is 1. The first-order chi connectivity index (χ1) is 21.4. The van der Waals surface area contributed by atoms with Crippen LogP contribution in [0.5, 0.6) is 0 Å². The number of hydrogen-bond acceptors (Lipinski definition) is 7. The lowest BCUT2D eigenvalue weighted by molar-refractivity contribution is -0.115. The van der Waals surface area contributed by atoms with Crippen molar-refractivity contribution in [1.82, 2.24) is 38.8 Å². The number of pyridine rings is 2. The Bertz CT molecular complexity index is 1950. The average molecular weight is 641 g/mol. The van der Waals surface area contributed by atoms with Crippen LogP contribution in [0.1, 0.15) is 53.8 Å². The molecule has 4 aromatic rings. The number of halogens is 4. The van der Waals surface area contributed by atoms with Gasteiger partial charge in [-0.05, 0) is 61.4 Å². The molecule has 0 aliphatic heterocycles. The van der Waals surface area contributed by atoms with Gasteiger partial charge in [0.2, 0.25) is 11.1 Å². The molecule has 10 nitrogen and oxygen atoms in total. The van der Waals surface area contributed by atoms with Crippen LogP contribution in [0.4, 0.5) is 17.6 Å². The second-order valence-electron chi connectivity index (χ2n) is 11.9. The van der Waals surface area contributed by atoms with E-state index < -0.39 is 63.5 Å². The molecule has 4 heterocycles. The first-order valence-corrected chi connectivity index (χ1v) is 16.0. The van der Waals surface area contributed by atoms with E-state index in [9.17, 15) is 26.6 Å². The highest BCUT2D eigenvalue weighted by molar-refractivity contribution is 7.98. The number of aromatic nitrogens is 7. The van der Waals surface area contributed by atoms with Gasteiger partial charge in [0.1, 0.15) is 17.8 Å². The maximum Gasteiger partial charge on any atom is 0.251 e. The van der Waals surface area contributed by atoms with Crippen LogP contribution in [0.15, 0.2) is 59.9 Å². The Morgan fingerprint density at radius 2 is 1.89 bits per heavy atom. The molecule has 0 amide bonds. The third kappa shape index (κ3) is 4.97. The Kier molecular flexibility index (Phi) is 6.82. The molecule has 2 fully saturated rings. The quantitative estimate of drug-likeness (QED) is 0.129. The lowest BCUT2D eigenvalue weighted by atomic mass is 9.60. The highest BCUT2D eigenvalue weighted by Crippen LogP contribution is 2.53. The molecule has 234 valence electrons. The van der Waals surface area contributed by atoms with Gasteiger partial charge in [-0.2, -0.15) is 9.49 Å². The van der Waals surface area contributed by atoms with E-state index in [4.69, 9.17) is 0 Å². The third-order valence-corrected chi connectivity index (χ3v) is 11.0. The second kappa shape index (κ2) is 10.4. The van der Waals surface area contributed by atoms with Crippen molar-refractivity contribution < 1.29 is 26.6 Å². The summed E-state index contributed by atoms with van der Waals surface area (Å²) >= 11 is 0. The van der Waals surface area contributed by atoms with Crippen LogP contribution in [0.25, 0.3) is 11.8 Å². The molecule has 0 bridgehead atoms. The minimum Gasteiger partial charge on any atom is -0.291 e. The number of allylic oxidation sites excluding steroid dienone is 1. The Hall–Kier alpha value is -4.24. The molecule has 0 radical (unpaired) electrons. The van der Waals surface area contributed by atoms with Crippen molar-refractivity contribution in [1.29, 1.82) is 0 Å². The number of aryl methyl sites for hydroxylation is 1. The Balaban J connectivity index is 1.33. The maximum absolute atomic E-state index is 14.5. The van der Waals surface area contributed by atoms with Crippen LogP contribution in [0, 0.1) is 17.2 Å². The van der Waals surface area contributed by atoms with E-state index in [2.05, 4.69) is 31.0 Å². The lowest BCUT2D eigenvalue weighted by Crippen LogP contribution is -2.59. The van der Waals surface area contributed by atoms with Crippen molar-refractivity contribution in [3.8, 4) is 5.69 Å². The molecule has 45 heavy (non-hydrogen) atoms. The summed E-state index contributed by atoms with van der Waals surface area (Å²) in [4.78, 5) is 26.5. The molecular formula is C30H28F4N8O2S. The highest BCUT2D eigenvalue weighted by atomic mass is 32.2. The van der Waals surface area contributed by atoms with Crippen LogP contribution in [0.3, 0.4) is 0 Å². The van der Waals surface area contributed by atoms with Gasteiger partial charge in [-0.3, -0.25) is 14.5 Å². The van der Waals surface area contributed by atoms with E-state index in [1.54, 1.807) is 17.9 Å². The summed E-state index contributed by atoms with van der Waals surface area (Å²) in [6.45, 7) is 0. The molecule has 1 unspecified atom stereocenters. The molecule has 0 spiro atoms. The summed E-state index contributed by atoms with van der Waals surface area (Å²) in [7, 11) is -1.85. The number of carbonyl (C=O) groups excluding carboxylic acids is 1. The van der Waals surface area contributed by atoms with Gasteiger partial charge in [-0.15, -0.1) is 5.10 Å². The van der Waals surface area contributed by atoms with Gasteiger partial charge in [-0.25, -0.2) is 36.3 Å². The number of rotatable bonds is 7. The molecule has 0 aromatic carbocycles. The zero-order valence-electron chi connectivity index (χ0n) is 24.1. The molecule has 15 heteroatoms. The third-order valence-electron chi connectivity index (χ3n) is 8.97. The molecule has 4 aromatic heterocycles. The molecule has 3 aliphatic carbocycles. The van der Waals surface area contributed by atoms with Gasteiger partial charge in [0.25, 0.3) is 5.92 Å². The number of hydrogen-bond donors (Lipinski definition) is 0. The maximum atomic E-state index is 14.5. The number of carbonyl (C=O) groups is 1. The smallest absolute Gasteiger partial charge is 0.251 e. The standard InChI is InChI=1S/C30H28F4N8O2S/c1-40-17-37-28(39-40)45(2,44)42(23-13-30(33,34)14-23)21-4-3-19-9-25-18(15-38-41(25)22-5-6-26(32)36-16-22)11-29(19,12-21)27(43)24-10-20(31)7-8-35-24/h5-10,15-17,21,23H,2-4,11-14H2,1H3/t21-,29-,45?/m0/s1. The summed E-state index contributed by atoms with van der Waals surface area (Å²) in [5.41, 5.74) is 1.26. The fraction of sp³-hybridized carbons (Fsp3) is 0.367. The van der Waals surface area contributed by atoms with Gasteiger partial charge in [0, 0.05) is 44.2 Å². The van der Waals surface area contributed by atoms with Gasteiger partial charge in [0.05, 0.1) is 38.9 Å². The molecule has 7 rings (SSSR count). The lowest BCUT2D eigenvalue weighted by Gasteiger charge is -2.51. The minimum absolute atomic E-state index is 0.0751. The first-order valence-electron chi connectivity index (χ1n) is 14.3. The monoisotopic (exact) mass is 640 g/mol. The summed E-state index contributed by atoms with van der Waals surface area (Å²) in [6, 6.07) is 3.57. The van der Waals surface area contributed by atoms with Crippen molar-refractivity contribution in [2.24, 2.45) is 12.5 Å². The molecule has 2 saturated carbocycles. The highest BCUT2D eigenvalue weighted by Gasteiger charge is 2.56. The van der Waals surface area contributed by atoms with Crippen molar-refractivity contribution in [2.75, 3.05) is 0 Å². The first kappa shape index (κ1) is 29.5. The fourth-order valence-corrected chi connectivity index (χ4v) is 8.87. The van der Waals surface area contributed by atoms with Gasteiger partial charge >= 0.3 is 0 Å². The zero-order chi connectivity index (χ0) is 31.7. The van der Waals surface area contributed by atoms with Gasteiger partial charge < -0.3 is 0 Å². The fourth-order valence-electron chi connectivity index (χ4n) is 6.92. The SMILES string of the molecule is C=S(=O)(c1ncn(C)n1)N(C1CC(F)(F)C1)[C@H]1CCC2=Cc3c(cnn3-c3ccc(F)nc3)C[C@]2(C(=O)c2cc(F)ccn2)C1. The molecule has 3 atom stereocenters. The number of fused-ring (bicyclic) bond motifs is 2. The Morgan fingerprint density at radius 1 is 1.09 bits per heavy atom. The molecule has 0 saturated heterocycles. The van der Waals surface area contributed by atoms with Gasteiger partial charge in [0.15, 0.2) is 5.78 Å². The average Bonchev–Trinajstić information content (AvgIpc) is 3.61. The largest absolute Gasteiger partial charge is 0.291 e. The summed E-state index contributed by atoms with van der Waals surface area (Å²) < 4.78 is 75.3. The van der Waals surface area contributed by atoms with Gasteiger partial charge in [-0.1, -0.05) is 5.57 Å². The van der Waals surface area contributed by atoms with E-state index in [1.165, 1.54) is 39.8 Å². The Labute approximate surface area is 256 Å². The number of alkyl halides is 2. The summed E-state index contributed by atoms with van der Waals surface area (Å²) in [5.74, 6) is -0.662. The minimum atomic E-state index is -3.45. The van der Waals surface area contributed by atoms with E-state index in [-0.39, 0.29) is 23.7 Å². The summed E-state index contributed by atoms with van der Waals surface area (Å²) in [6.07, 6.45) is 7.31. The van der Waals surface area contributed by atoms with E-state index >= 15 is 0 Å². The van der Waals surface area contributed by atoms with Crippen molar-refractivity contribution >= 4 is 27.4 Å². The van der Waals surface area contributed by atoms with E-state index in [1.807, 2.05) is 6.08 Å². The zero-order valence-corrected chi connectivity index (χ0v) is 24.9. The van der Waals surface area contributed by atoms with Crippen molar-refractivity contribution in [2.45, 2.75) is 61.7 Å². The van der Waals surface area contributed by atoms with Crippen LogP contribution in [-0.2, 0) is 23.2 Å². The number of Topliss-reactive ketones (excluding diaryl/α,β-unsaturated/α-hetero) is 1. The van der Waals surface area contributed by atoms with Crippen LogP contribution in [-0.4, -0.2) is 72.7 Å². The van der Waals surface area contributed by atoms with Crippen LogP contribution < -0.4 is 0 Å². The number of nitrogens with zero attached hydrogens (tertiary/aromatic N) is 8. The predicted octanol–water partition coefficient (Wildman–Crippen LogP) is 4.22. The molecule has 3 aliphatic rings. The predicted molar refractivity (Wildman–Crippen MR) is 156 cm³/mol. The topological polar surface area (TPSA) is 112 Å².